The second kappa shape index (κ2) is 4.50. The summed E-state index contributed by atoms with van der Waals surface area (Å²) in [6.45, 7) is 1.94. The maximum atomic E-state index is 10.7. The van der Waals surface area contributed by atoms with Crippen LogP contribution in [0.4, 0.5) is 0 Å². The van der Waals surface area contributed by atoms with Gasteiger partial charge in [0.05, 0.1) is 6.26 Å². The number of aliphatic carboxylic acids is 1. The van der Waals surface area contributed by atoms with E-state index in [1.807, 2.05) is 6.92 Å². The fourth-order valence-corrected chi connectivity index (χ4v) is 1.06. The van der Waals surface area contributed by atoms with E-state index in [0.717, 1.165) is 6.42 Å². The lowest BCUT2D eigenvalue weighted by atomic mass is 10.1. The Labute approximate surface area is 76.7 Å². The third kappa shape index (κ3) is 2.78. The maximum absolute atomic E-state index is 10.7. The molecule has 0 aliphatic rings. The van der Waals surface area contributed by atoms with Crippen LogP contribution in [0.15, 0.2) is 28.4 Å². The van der Waals surface area contributed by atoms with Crippen LogP contribution < -0.4 is 0 Å². The summed E-state index contributed by atoms with van der Waals surface area (Å²) in [6, 6.07) is 3.47. The maximum Gasteiger partial charge on any atom is 0.331 e. The molecule has 0 aliphatic heterocycles. The zero-order chi connectivity index (χ0) is 9.68. The van der Waals surface area contributed by atoms with Crippen molar-refractivity contribution in [1.82, 2.24) is 0 Å². The number of carbonyl (C=O) groups is 1. The monoisotopic (exact) mass is 180 g/mol. The minimum Gasteiger partial charge on any atom is -0.478 e. The average molecular weight is 180 g/mol. The van der Waals surface area contributed by atoms with Crippen LogP contribution >= 0.6 is 0 Å². The Kier molecular flexibility index (Phi) is 3.31. The van der Waals surface area contributed by atoms with Gasteiger partial charge >= 0.3 is 5.97 Å². The fourth-order valence-electron chi connectivity index (χ4n) is 1.06. The molecule has 1 rings (SSSR count). The zero-order valence-electron chi connectivity index (χ0n) is 7.49. The average Bonchev–Trinajstić information content (AvgIpc) is 2.56. The summed E-state index contributed by atoms with van der Waals surface area (Å²) >= 11 is 0. The largest absolute Gasteiger partial charge is 0.478 e. The van der Waals surface area contributed by atoms with Gasteiger partial charge in [-0.1, -0.05) is 13.3 Å². The molecule has 1 aromatic heterocycles. The molecule has 70 valence electrons. The number of carboxylic acids is 1. The molecule has 3 heteroatoms. The Bertz CT molecular complexity index is 296. The normalized spacial score (nSPS) is 11.6. The quantitative estimate of drug-likeness (QED) is 0.724. The van der Waals surface area contributed by atoms with E-state index >= 15 is 0 Å². The molecule has 0 saturated carbocycles. The molecule has 13 heavy (non-hydrogen) atoms. The molecule has 1 N–H and O–H groups in total. The van der Waals surface area contributed by atoms with Crippen LogP contribution in [0.2, 0.25) is 0 Å². The first-order valence-electron chi connectivity index (χ1n) is 4.21. The lowest BCUT2D eigenvalue weighted by Crippen LogP contribution is -1.99. The first-order chi connectivity index (χ1) is 6.24. The van der Waals surface area contributed by atoms with Gasteiger partial charge in [0.1, 0.15) is 5.76 Å². The van der Waals surface area contributed by atoms with E-state index in [9.17, 15) is 4.79 Å². The van der Waals surface area contributed by atoms with Crippen molar-refractivity contribution in [2.45, 2.75) is 19.8 Å². The van der Waals surface area contributed by atoms with Crippen molar-refractivity contribution in [2.75, 3.05) is 0 Å². The van der Waals surface area contributed by atoms with Crippen molar-refractivity contribution in [3.05, 3.63) is 29.7 Å². The summed E-state index contributed by atoms with van der Waals surface area (Å²) in [5.41, 5.74) is 0.387. The fraction of sp³-hybridized carbons (Fsp3) is 0.300. The van der Waals surface area contributed by atoms with Crippen molar-refractivity contribution in [3.8, 4) is 0 Å². The van der Waals surface area contributed by atoms with Crippen molar-refractivity contribution >= 4 is 12.0 Å². The smallest absolute Gasteiger partial charge is 0.331 e. The van der Waals surface area contributed by atoms with E-state index < -0.39 is 5.97 Å². The highest BCUT2D eigenvalue weighted by Gasteiger charge is 2.06. The van der Waals surface area contributed by atoms with E-state index in [0.29, 0.717) is 17.8 Å². The minimum absolute atomic E-state index is 0.387. The van der Waals surface area contributed by atoms with Crippen LogP contribution in [0.25, 0.3) is 6.08 Å². The Hall–Kier alpha value is -1.51. The summed E-state index contributed by atoms with van der Waals surface area (Å²) in [6.07, 6.45) is 4.47. The predicted molar refractivity (Wildman–Crippen MR) is 49.2 cm³/mol. The van der Waals surface area contributed by atoms with E-state index in [1.165, 1.54) is 6.26 Å². The second-order valence-electron chi connectivity index (χ2n) is 2.74. The number of hydrogen-bond acceptors (Lipinski definition) is 2. The van der Waals surface area contributed by atoms with E-state index in [-0.39, 0.29) is 0 Å². The van der Waals surface area contributed by atoms with Crippen LogP contribution in [0.3, 0.4) is 0 Å². The summed E-state index contributed by atoms with van der Waals surface area (Å²) in [7, 11) is 0. The van der Waals surface area contributed by atoms with Gasteiger partial charge in [-0.3, -0.25) is 0 Å². The second-order valence-corrected chi connectivity index (χ2v) is 2.74. The zero-order valence-corrected chi connectivity index (χ0v) is 7.49. The van der Waals surface area contributed by atoms with Crippen molar-refractivity contribution in [3.63, 3.8) is 0 Å². The molecular formula is C10H12O3. The highest BCUT2D eigenvalue weighted by Crippen LogP contribution is 2.12. The van der Waals surface area contributed by atoms with Crippen molar-refractivity contribution in [1.29, 1.82) is 0 Å². The summed E-state index contributed by atoms with van der Waals surface area (Å²) in [5.74, 6) is -0.288. The van der Waals surface area contributed by atoms with Gasteiger partial charge in [-0.2, -0.15) is 0 Å². The van der Waals surface area contributed by atoms with E-state index in [2.05, 4.69) is 0 Å². The molecule has 3 nitrogen and oxygen atoms in total. The summed E-state index contributed by atoms with van der Waals surface area (Å²) in [5, 5.41) is 8.79. The first-order valence-corrected chi connectivity index (χ1v) is 4.21. The molecule has 0 saturated heterocycles. The molecule has 0 fully saturated rings. The third-order valence-electron chi connectivity index (χ3n) is 1.65. The van der Waals surface area contributed by atoms with Crippen LogP contribution in [0, 0.1) is 0 Å². The molecular weight excluding hydrogens is 168 g/mol. The molecule has 0 aliphatic carbocycles. The lowest BCUT2D eigenvalue weighted by Gasteiger charge is -1.97. The molecule has 0 atom stereocenters. The molecule has 0 spiro atoms. The molecule has 0 radical (unpaired) electrons. The van der Waals surface area contributed by atoms with Gasteiger partial charge in [0.2, 0.25) is 0 Å². The molecule has 1 heterocycles. The predicted octanol–water partition coefficient (Wildman–Crippen LogP) is 2.55. The molecule has 0 aromatic carbocycles. The molecule has 1 aromatic rings. The Balaban J connectivity index is 2.80. The molecule has 0 bridgehead atoms. The lowest BCUT2D eigenvalue weighted by molar-refractivity contribution is -0.132. The Morgan fingerprint density at radius 3 is 2.92 bits per heavy atom. The van der Waals surface area contributed by atoms with Gasteiger partial charge < -0.3 is 9.52 Å². The number of furan rings is 1. The number of hydrogen-bond donors (Lipinski definition) is 1. The van der Waals surface area contributed by atoms with Gasteiger partial charge in [-0.25, -0.2) is 4.79 Å². The van der Waals surface area contributed by atoms with E-state index in [1.54, 1.807) is 18.2 Å². The minimum atomic E-state index is -0.877. The summed E-state index contributed by atoms with van der Waals surface area (Å²) in [4.78, 5) is 10.7. The Morgan fingerprint density at radius 2 is 2.46 bits per heavy atom. The molecule has 0 unspecified atom stereocenters. The standard InChI is InChI=1S/C10H12O3/c1-2-4-8(10(11)12)7-9-5-3-6-13-9/h3,5-7H,2,4H2,1H3,(H,11,12). The van der Waals surface area contributed by atoms with Crippen molar-refractivity contribution < 1.29 is 14.3 Å². The highest BCUT2D eigenvalue weighted by atomic mass is 16.4. The van der Waals surface area contributed by atoms with E-state index in [4.69, 9.17) is 9.52 Å². The molecule has 0 amide bonds. The van der Waals surface area contributed by atoms with Crippen LogP contribution in [-0.2, 0) is 4.79 Å². The number of carboxylic acid groups (broad SMARTS) is 1. The van der Waals surface area contributed by atoms with Gasteiger partial charge in [-0.15, -0.1) is 0 Å². The van der Waals surface area contributed by atoms with Crippen LogP contribution in [0.5, 0.6) is 0 Å². The van der Waals surface area contributed by atoms with Crippen molar-refractivity contribution in [2.24, 2.45) is 0 Å². The third-order valence-corrected chi connectivity index (χ3v) is 1.65. The van der Waals surface area contributed by atoms with Crippen LogP contribution in [-0.4, -0.2) is 11.1 Å². The highest BCUT2D eigenvalue weighted by molar-refractivity contribution is 5.91. The topological polar surface area (TPSA) is 50.4 Å². The van der Waals surface area contributed by atoms with Gasteiger partial charge in [0, 0.05) is 5.57 Å². The van der Waals surface area contributed by atoms with Gasteiger partial charge in [-0.05, 0) is 24.6 Å². The number of rotatable bonds is 4. The van der Waals surface area contributed by atoms with Gasteiger partial charge in [0.15, 0.2) is 0 Å². The Morgan fingerprint density at radius 1 is 1.69 bits per heavy atom. The van der Waals surface area contributed by atoms with Gasteiger partial charge in [0.25, 0.3) is 0 Å². The summed E-state index contributed by atoms with van der Waals surface area (Å²) < 4.78 is 5.02. The SMILES string of the molecule is CCCC(=Cc1ccco1)C(=O)O. The first kappa shape index (κ1) is 9.58. The van der Waals surface area contributed by atoms with Crippen LogP contribution in [0.1, 0.15) is 25.5 Å².